The topological polar surface area (TPSA) is 70.7 Å². The van der Waals surface area contributed by atoms with E-state index in [1.807, 2.05) is 54.6 Å². The van der Waals surface area contributed by atoms with E-state index in [1.165, 1.54) is 11.1 Å². The predicted octanol–water partition coefficient (Wildman–Crippen LogP) is 5.42. The van der Waals surface area contributed by atoms with Crippen molar-refractivity contribution in [3.8, 4) is 0 Å². The molecule has 0 bridgehead atoms. The van der Waals surface area contributed by atoms with Gasteiger partial charge in [0, 0.05) is 50.3 Å². The molecule has 4 aromatic rings. The largest absolute Gasteiger partial charge is 0.385 e. The average Bonchev–Trinajstić information content (AvgIpc) is 2.94. The predicted molar refractivity (Wildman–Crippen MR) is 148 cm³/mol. The molecule has 1 aliphatic rings. The Hall–Kier alpha value is -4.16. The maximum absolute atomic E-state index is 13.3. The minimum atomic E-state index is -0.206. The van der Waals surface area contributed by atoms with Gasteiger partial charge in [-0.15, -0.1) is 0 Å². The second-order valence-electron chi connectivity index (χ2n) is 9.26. The van der Waals surface area contributed by atoms with E-state index in [0.29, 0.717) is 30.0 Å². The van der Waals surface area contributed by atoms with Crippen LogP contribution in [0, 0.1) is 0 Å². The lowest BCUT2D eigenvalue weighted by molar-refractivity contribution is 0.0947. The van der Waals surface area contributed by atoms with Crippen LogP contribution in [0.2, 0.25) is 0 Å². The Kier molecular flexibility index (Phi) is 7.47. The Morgan fingerprint density at radius 1 is 0.865 bits per heavy atom. The van der Waals surface area contributed by atoms with Gasteiger partial charge in [0.1, 0.15) is 0 Å². The molecule has 4 aromatic carbocycles. The first-order valence-electron chi connectivity index (χ1n) is 12.7. The number of amides is 2. The van der Waals surface area contributed by atoms with Crippen molar-refractivity contribution in [2.45, 2.75) is 19.4 Å². The summed E-state index contributed by atoms with van der Waals surface area (Å²) in [5.41, 5.74) is 5.22. The lowest BCUT2D eigenvalue weighted by Crippen LogP contribution is -2.33. The lowest BCUT2D eigenvalue weighted by Gasteiger charge is -2.32. The summed E-state index contributed by atoms with van der Waals surface area (Å²) in [4.78, 5) is 28.8. The van der Waals surface area contributed by atoms with Gasteiger partial charge in [-0.2, -0.15) is 0 Å². The van der Waals surface area contributed by atoms with Crippen molar-refractivity contribution in [3.05, 3.63) is 107 Å². The zero-order chi connectivity index (χ0) is 25.6. The fourth-order valence-corrected chi connectivity index (χ4v) is 4.91. The van der Waals surface area contributed by atoms with E-state index in [9.17, 15) is 9.59 Å². The van der Waals surface area contributed by atoms with E-state index in [-0.39, 0.29) is 11.8 Å². The minimum Gasteiger partial charge on any atom is -0.385 e. The van der Waals surface area contributed by atoms with Crippen LogP contribution in [0.1, 0.15) is 38.3 Å². The van der Waals surface area contributed by atoms with E-state index >= 15 is 0 Å². The Bertz CT molecular complexity index is 1430. The van der Waals surface area contributed by atoms with Crippen molar-refractivity contribution in [2.75, 3.05) is 37.0 Å². The highest BCUT2D eigenvalue weighted by Crippen LogP contribution is 2.30. The zero-order valence-corrected chi connectivity index (χ0v) is 21.0. The monoisotopic (exact) mass is 493 g/mol. The molecular weight excluding hydrogens is 462 g/mol. The third kappa shape index (κ3) is 5.49. The van der Waals surface area contributed by atoms with E-state index < -0.39 is 0 Å². The summed E-state index contributed by atoms with van der Waals surface area (Å²) < 4.78 is 5.11. The van der Waals surface area contributed by atoms with Crippen LogP contribution in [-0.2, 0) is 17.7 Å². The highest BCUT2D eigenvalue weighted by atomic mass is 16.5. The molecule has 2 N–H and O–H groups in total. The molecule has 0 fully saturated rings. The molecule has 2 amide bonds. The molecule has 1 heterocycles. The van der Waals surface area contributed by atoms with Crippen LogP contribution in [0.4, 0.5) is 11.4 Å². The maximum Gasteiger partial charge on any atom is 0.256 e. The third-order valence-electron chi connectivity index (χ3n) is 6.82. The molecule has 0 spiro atoms. The fourth-order valence-electron chi connectivity index (χ4n) is 4.91. The van der Waals surface area contributed by atoms with Crippen molar-refractivity contribution in [1.29, 1.82) is 0 Å². The molecule has 6 heteroatoms. The van der Waals surface area contributed by atoms with Gasteiger partial charge in [-0.3, -0.25) is 9.59 Å². The summed E-state index contributed by atoms with van der Waals surface area (Å²) in [5, 5.41) is 7.92. The summed E-state index contributed by atoms with van der Waals surface area (Å²) in [6, 6.07) is 27.5. The molecule has 0 saturated carbocycles. The Balaban J connectivity index is 1.43. The van der Waals surface area contributed by atoms with Crippen molar-refractivity contribution in [2.24, 2.45) is 0 Å². The van der Waals surface area contributed by atoms with Gasteiger partial charge in [0.2, 0.25) is 0 Å². The molecule has 6 nitrogen and oxygen atoms in total. The molecule has 0 aliphatic carbocycles. The van der Waals surface area contributed by atoms with E-state index in [4.69, 9.17) is 4.74 Å². The molecule has 188 valence electrons. The van der Waals surface area contributed by atoms with Gasteiger partial charge in [0.05, 0.1) is 5.56 Å². The smallest absolute Gasteiger partial charge is 0.256 e. The first-order chi connectivity index (χ1) is 18.1. The second-order valence-corrected chi connectivity index (χ2v) is 9.26. The molecule has 1 aliphatic heterocycles. The van der Waals surface area contributed by atoms with Crippen LogP contribution >= 0.6 is 0 Å². The molecule has 0 aromatic heterocycles. The van der Waals surface area contributed by atoms with E-state index in [1.54, 1.807) is 13.2 Å². The van der Waals surface area contributed by atoms with Gasteiger partial charge >= 0.3 is 0 Å². The van der Waals surface area contributed by atoms with Crippen molar-refractivity contribution in [3.63, 3.8) is 0 Å². The zero-order valence-electron chi connectivity index (χ0n) is 21.0. The van der Waals surface area contributed by atoms with Crippen molar-refractivity contribution in [1.82, 2.24) is 5.32 Å². The lowest BCUT2D eigenvalue weighted by atomic mass is 9.98. The third-order valence-corrected chi connectivity index (χ3v) is 6.82. The summed E-state index contributed by atoms with van der Waals surface area (Å²) >= 11 is 0. The SMILES string of the molecule is COCCCNC(=O)c1cc(NC(=O)c2cccc3ccccc23)ccc1N1CCc2ccccc2C1. The maximum atomic E-state index is 13.3. The summed E-state index contributed by atoms with van der Waals surface area (Å²) in [7, 11) is 1.65. The van der Waals surface area contributed by atoms with Gasteiger partial charge in [0.15, 0.2) is 0 Å². The summed E-state index contributed by atoms with van der Waals surface area (Å²) in [5.74, 6) is -0.367. The quantitative estimate of drug-likeness (QED) is 0.322. The highest BCUT2D eigenvalue weighted by Gasteiger charge is 2.22. The average molecular weight is 494 g/mol. The number of methoxy groups -OCH3 is 1. The minimum absolute atomic E-state index is 0.161. The second kappa shape index (κ2) is 11.3. The molecule has 37 heavy (non-hydrogen) atoms. The number of nitrogens with zero attached hydrogens (tertiary/aromatic N) is 1. The number of hydrogen-bond acceptors (Lipinski definition) is 4. The molecule has 0 saturated heterocycles. The summed E-state index contributed by atoms with van der Waals surface area (Å²) in [6.45, 7) is 2.66. The number of hydrogen-bond donors (Lipinski definition) is 2. The van der Waals surface area contributed by atoms with Crippen LogP contribution in [0.15, 0.2) is 84.9 Å². The standard InChI is InChI=1S/C31H31N3O3/c1-37-19-7-17-32-30(35)28-20-25(33-31(36)27-13-6-11-23-9-4-5-12-26(23)27)14-15-29(28)34-18-16-22-8-2-3-10-24(22)21-34/h2-6,8-15,20H,7,16-19,21H2,1H3,(H,32,35)(H,33,36). The normalized spacial score (nSPS) is 12.7. The van der Waals surface area contributed by atoms with Gasteiger partial charge in [-0.25, -0.2) is 0 Å². The number of ether oxygens (including phenoxy) is 1. The van der Waals surface area contributed by atoms with Gasteiger partial charge in [0.25, 0.3) is 11.8 Å². The molecule has 0 radical (unpaired) electrons. The van der Waals surface area contributed by atoms with Gasteiger partial charge in [-0.05, 0) is 59.0 Å². The number of fused-ring (bicyclic) bond motifs is 2. The first kappa shape index (κ1) is 24.5. The number of benzene rings is 4. The molecule has 0 atom stereocenters. The van der Waals surface area contributed by atoms with E-state index in [2.05, 4.69) is 39.8 Å². The van der Waals surface area contributed by atoms with Crippen molar-refractivity contribution >= 4 is 34.0 Å². The number of carbonyl (C=O) groups is 2. The van der Waals surface area contributed by atoms with Crippen LogP contribution in [0.5, 0.6) is 0 Å². The van der Waals surface area contributed by atoms with Crippen LogP contribution in [0.3, 0.4) is 0 Å². The van der Waals surface area contributed by atoms with Crippen LogP contribution in [-0.4, -0.2) is 38.6 Å². The van der Waals surface area contributed by atoms with Crippen LogP contribution < -0.4 is 15.5 Å². The molecule has 0 unspecified atom stereocenters. The van der Waals surface area contributed by atoms with E-state index in [0.717, 1.165) is 42.4 Å². The number of rotatable bonds is 8. The first-order valence-corrected chi connectivity index (χ1v) is 12.7. The number of carbonyl (C=O) groups excluding carboxylic acids is 2. The molecular formula is C31H31N3O3. The van der Waals surface area contributed by atoms with Crippen LogP contribution in [0.25, 0.3) is 10.8 Å². The summed E-state index contributed by atoms with van der Waals surface area (Å²) in [6.07, 6.45) is 1.65. The number of anilines is 2. The fraction of sp³-hybridized carbons (Fsp3) is 0.226. The Morgan fingerprint density at radius 2 is 1.65 bits per heavy atom. The van der Waals surface area contributed by atoms with Crippen molar-refractivity contribution < 1.29 is 14.3 Å². The Labute approximate surface area is 217 Å². The highest BCUT2D eigenvalue weighted by molar-refractivity contribution is 6.13. The van der Waals surface area contributed by atoms with Gasteiger partial charge in [-0.1, -0.05) is 60.7 Å². The van der Waals surface area contributed by atoms with Gasteiger partial charge < -0.3 is 20.3 Å². The number of nitrogens with one attached hydrogen (secondary N) is 2. The molecule has 5 rings (SSSR count). The Morgan fingerprint density at radius 3 is 2.51 bits per heavy atom.